The number of nitrogens with zero attached hydrogens (tertiary/aromatic N) is 4. The van der Waals surface area contributed by atoms with Crippen molar-refractivity contribution in [3.8, 4) is 24.3 Å². The lowest BCUT2D eigenvalue weighted by Gasteiger charge is -2.37. The molecule has 2 aliphatic rings. The monoisotopic (exact) mass is 926 g/mol. The summed E-state index contributed by atoms with van der Waals surface area (Å²) < 4.78 is 0. The van der Waals surface area contributed by atoms with E-state index in [0.29, 0.717) is 22.3 Å². The molecule has 70 heavy (non-hydrogen) atoms. The maximum Gasteiger partial charge on any atom is 0.118 e. The maximum atomic E-state index is 10.5. The second kappa shape index (κ2) is 19.0. The second-order valence-corrected chi connectivity index (χ2v) is 26.7. The van der Waals surface area contributed by atoms with Crippen LogP contribution >= 0.6 is 0 Å². The van der Waals surface area contributed by atoms with Crippen LogP contribution in [0.25, 0.3) is 43.1 Å². The zero-order valence-electron chi connectivity index (χ0n) is 39.0. The molecule has 10 rings (SSSR count). The van der Waals surface area contributed by atoms with Gasteiger partial charge in [-0.25, -0.2) is 0 Å². The molecule has 0 fully saturated rings. The molecule has 0 spiro atoms. The molecule has 2 heterocycles. The minimum atomic E-state index is -3.08. The van der Waals surface area contributed by atoms with Crippen molar-refractivity contribution in [2.24, 2.45) is 0 Å². The highest BCUT2D eigenvalue weighted by atomic mass is 28.3. The van der Waals surface area contributed by atoms with E-state index in [1.54, 1.807) is 0 Å². The molecule has 0 radical (unpaired) electrons. The fourth-order valence-electron chi connectivity index (χ4n) is 11.3. The van der Waals surface area contributed by atoms with Crippen molar-refractivity contribution in [2.45, 2.75) is 25.2 Å². The average Bonchev–Trinajstić information content (AvgIpc) is 3.87. The standard InChI is InChI=1S/C64H46N4Si2/c1-69(61(53-31-15-19-45(37-53)41-65)57(49-23-7-3-8-24-49)58(50-25-9-4-10-26-50)62(69)54-32-16-20-46(38-54)42-66)35-36-70(2)63(55-33-17-21-47(39-55)43-67)59(51-27-11-5-12-28-51)60(52-29-13-6-14-30-52)64(70)56-34-18-22-48(40-56)44-68/h3-34,37-40H,35-36H2,1-2H3. The number of nitriles is 4. The molecule has 0 amide bonds. The molecule has 0 saturated carbocycles. The third-order valence-corrected chi connectivity index (χ3v) is 23.8. The van der Waals surface area contributed by atoms with E-state index in [1.807, 2.05) is 48.5 Å². The van der Waals surface area contributed by atoms with Crippen LogP contribution in [-0.4, -0.2) is 16.1 Å². The summed E-state index contributed by atoms with van der Waals surface area (Å²) in [5.74, 6) is 0. The SMILES string of the molecule is C[Si]1(CC[Si]2(C)C(c3cccc(C#N)c3)=C(c3ccccc3)C(c3ccccc3)=C2c2cccc(C#N)c2)C(c2cccc(C#N)c2)=C(c2ccccc2)C(c2ccccc2)=C1c1cccc(C#N)c1. The first-order valence-corrected chi connectivity index (χ1v) is 28.9. The molecular weight excluding hydrogens is 881 g/mol. The molecular formula is C64H46N4Si2. The van der Waals surface area contributed by atoms with Crippen molar-refractivity contribution in [1.29, 1.82) is 21.0 Å². The van der Waals surface area contributed by atoms with Crippen LogP contribution in [0, 0.1) is 45.3 Å². The molecule has 0 bridgehead atoms. The lowest BCUT2D eigenvalue weighted by atomic mass is 9.89. The van der Waals surface area contributed by atoms with Gasteiger partial charge in [-0.15, -0.1) is 0 Å². The first-order valence-electron chi connectivity index (χ1n) is 23.5. The fraction of sp³-hybridized carbons (Fsp3) is 0.0625. The first kappa shape index (κ1) is 44.9. The van der Waals surface area contributed by atoms with Crippen molar-refractivity contribution < 1.29 is 0 Å². The van der Waals surface area contributed by atoms with Crippen LogP contribution in [0.5, 0.6) is 0 Å². The third-order valence-electron chi connectivity index (χ3n) is 14.2. The molecule has 4 nitrogen and oxygen atoms in total. The van der Waals surface area contributed by atoms with Gasteiger partial charge in [0, 0.05) is 0 Å². The number of allylic oxidation sites excluding steroid dienone is 4. The number of hydrogen-bond acceptors (Lipinski definition) is 4. The van der Waals surface area contributed by atoms with E-state index in [2.05, 4.69) is 207 Å². The molecule has 8 aromatic carbocycles. The third kappa shape index (κ3) is 7.99. The summed E-state index contributed by atoms with van der Waals surface area (Å²) in [7, 11) is -6.16. The van der Waals surface area contributed by atoms with Crippen LogP contribution in [0.1, 0.15) is 66.8 Å². The molecule has 0 aromatic heterocycles. The highest BCUT2D eigenvalue weighted by Crippen LogP contribution is 2.61. The van der Waals surface area contributed by atoms with Crippen LogP contribution in [0.4, 0.5) is 0 Å². The highest BCUT2D eigenvalue weighted by Gasteiger charge is 2.52. The Morgan fingerprint density at radius 3 is 0.671 bits per heavy atom. The average molecular weight is 927 g/mol. The summed E-state index contributed by atoms with van der Waals surface area (Å²) in [6.45, 7) is 5.02. The molecule has 2 aliphatic heterocycles. The number of rotatable bonds is 11. The van der Waals surface area contributed by atoms with Crippen molar-refractivity contribution in [2.75, 3.05) is 0 Å². The van der Waals surface area contributed by atoms with Gasteiger partial charge in [-0.3, -0.25) is 0 Å². The lowest BCUT2D eigenvalue weighted by Crippen LogP contribution is -2.39. The van der Waals surface area contributed by atoms with E-state index < -0.39 is 16.1 Å². The van der Waals surface area contributed by atoms with Crippen LogP contribution in [-0.2, 0) is 0 Å². The summed E-state index contributed by atoms with van der Waals surface area (Å²) in [5, 5.41) is 46.9. The molecule has 0 atom stereocenters. The Bertz CT molecular complexity index is 3170. The van der Waals surface area contributed by atoms with E-state index >= 15 is 0 Å². The van der Waals surface area contributed by atoms with E-state index in [0.717, 1.165) is 78.9 Å². The summed E-state index contributed by atoms with van der Waals surface area (Å²) in [5.41, 5.74) is 15.4. The van der Waals surface area contributed by atoms with Crippen molar-refractivity contribution in [1.82, 2.24) is 0 Å². The van der Waals surface area contributed by atoms with Gasteiger partial charge in [-0.05, 0) is 136 Å². The quantitative estimate of drug-likeness (QED) is 0.121. The van der Waals surface area contributed by atoms with E-state index in [-0.39, 0.29) is 0 Å². The fourth-order valence-corrected chi connectivity index (χ4v) is 23.2. The Hall–Kier alpha value is -8.89. The molecule has 8 aromatic rings. The molecule has 6 heteroatoms. The number of benzene rings is 8. The van der Waals surface area contributed by atoms with Crippen molar-refractivity contribution in [3.05, 3.63) is 285 Å². The Morgan fingerprint density at radius 1 is 0.271 bits per heavy atom. The smallest absolute Gasteiger partial charge is 0.118 e. The molecule has 330 valence electrons. The van der Waals surface area contributed by atoms with Gasteiger partial charge in [0.25, 0.3) is 0 Å². The number of hydrogen-bond donors (Lipinski definition) is 0. The molecule has 0 N–H and O–H groups in total. The van der Waals surface area contributed by atoms with Gasteiger partial charge in [-0.1, -0.05) is 195 Å². The largest absolute Gasteiger partial charge is 0.192 e. The minimum Gasteiger partial charge on any atom is -0.192 e. The Morgan fingerprint density at radius 2 is 0.471 bits per heavy atom. The van der Waals surface area contributed by atoms with Crippen molar-refractivity contribution >= 4 is 59.2 Å². The van der Waals surface area contributed by atoms with Gasteiger partial charge in [-0.2, -0.15) is 21.0 Å². The Balaban J connectivity index is 1.33. The summed E-state index contributed by atoms with van der Waals surface area (Å²) >= 11 is 0. The van der Waals surface area contributed by atoms with E-state index in [1.165, 1.54) is 20.8 Å². The predicted molar refractivity (Wildman–Crippen MR) is 291 cm³/mol. The topological polar surface area (TPSA) is 95.2 Å². The van der Waals surface area contributed by atoms with Crippen LogP contribution in [0.15, 0.2) is 218 Å². The van der Waals surface area contributed by atoms with E-state index in [9.17, 15) is 21.0 Å². The van der Waals surface area contributed by atoms with Crippen molar-refractivity contribution in [3.63, 3.8) is 0 Å². The van der Waals surface area contributed by atoms with Crippen LogP contribution in [0.3, 0.4) is 0 Å². The summed E-state index contributed by atoms with van der Waals surface area (Å²) in [4.78, 5) is 0. The maximum absolute atomic E-state index is 10.5. The molecule has 0 saturated heterocycles. The molecule has 0 aliphatic carbocycles. The van der Waals surface area contributed by atoms with Gasteiger partial charge in [0.1, 0.15) is 16.1 Å². The lowest BCUT2D eigenvalue weighted by molar-refractivity contribution is 1.33. The summed E-state index contributed by atoms with van der Waals surface area (Å²) in [6, 6.07) is 86.6. The van der Waals surface area contributed by atoms with Gasteiger partial charge in [0.2, 0.25) is 0 Å². The zero-order valence-corrected chi connectivity index (χ0v) is 41.0. The predicted octanol–water partition coefficient (Wildman–Crippen LogP) is 15.3. The Labute approximate surface area is 412 Å². The van der Waals surface area contributed by atoms with E-state index in [4.69, 9.17) is 0 Å². The zero-order chi connectivity index (χ0) is 48.2. The van der Waals surface area contributed by atoms with Gasteiger partial charge >= 0.3 is 0 Å². The highest BCUT2D eigenvalue weighted by molar-refractivity contribution is 7.17. The van der Waals surface area contributed by atoms with Gasteiger partial charge < -0.3 is 0 Å². The van der Waals surface area contributed by atoms with Crippen LogP contribution < -0.4 is 0 Å². The normalized spacial score (nSPS) is 14.8. The van der Waals surface area contributed by atoms with Gasteiger partial charge in [0.15, 0.2) is 0 Å². The minimum absolute atomic E-state index is 0.595. The van der Waals surface area contributed by atoms with Crippen LogP contribution in [0.2, 0.25) is 25.2 Å². The molecule has 0 unspecified atom stereocenters. The Kier molecular flexibility index (Phi) is 12.2. The summed E-state index contributed by atoms with van der Waals surface area (Å²) in [6.07, 6.45) is 0. The second-order valence-electron chi connectivity index (χ2n) is 18.4. The first-order chi connectivity index (χ1) is 34.3. The van der Waals surface area contributed by atoms with Gasteiger partial charge in [0.05, 0.1) is 46.5 Å².